The molecule has 0 aliphatic rings. The topological polar surface area (TPSA) is 86.5 Å². The molecule has 0 aliphatic carbocycles. The summed E-state index contributed by atoms with van der Waals surface area (Å²) >= 11 is 6.11. The smallest absolute Gasteiger partial charge is 0.249 e. The van der Waals surface area contributed by atoms with Crippen molar-refractivity contribution in [3.63, 3.8) is 0 Å². The lowest BCUT2D eigenvalue weighted by molar-refractivity contribution is 0.982. The van der Waals surface area contributed by atoms with Crippen LogP contribution >= 0.6 is 11.6 Å². The number of para-hydroxylation sites is 2. The monoisotopic (exact) mass is 322 g/mol. The van der Waals surface area contributed by atoms with Gasteiger partial charge in [-0.15, -0.1) is 5.10 Å². The Morgan fingerprint density at radius 3 is 2.48 bits per heavy atom. The van der Waals surface area contributed by atoms with Gasteiger partial charge in [0.15, 0.2) is 5.82 Å². The molecule has 0 saturated heterocycles. The van der Waals surface area contributed by atoms with Crippen LogP contribution in [0.2, 0.25) is 5.02 Å². The Balaban J connectivity index is 1.83. The summed E-state index contributed by atoms with van der Waals surface area (Å²) in [5.74, 6) is 0.773. The minimum absolute atomic E-state index is 0.282. The number of halogens is 1. The minimum Gasteiger partial charge on any atom is -0.338 e. The van der Waals surface area contributed by atoms with Gasteiger partial charge in [-0.05, 0) is 24.3 Å². The van der Waals surface area contributed by atoms with E-state index in [1.165, 1.54) is 6.20 Å². The van der Waals surface area contributed by atoms with E-state index in [0.29, 0.717) is 22.1 Å². The molecular formula is C16H11ClN6. The van der Waals surface area contributed by atoms with E-state index in [9.17, 15) is 0 Å². The largest absolute Gasteiger partial charge is 0.338 e. The van der Waals surface area contributed by atoms with E-state index in [2.05, 4.69) is 31.9 Å². The zero-order chi connectivity index (χ0) is 16.1. The maximum absolute atomic E-state index is 9.10. The van der Waals surface area contributed by atoms with Gasteiger partial charge in [0.1, 0.15) is 6.07 Å². The second-order valence-corrected chi connectivity index (χ2v) is 4.96. The number of aromatic nitrogens is 3. The molecule has 23 heavy (non-hydrogen) atoms. The molecule has 0 bridgehead atoms. The van der Waals surface area contributed by atoms with Gasteiger partial charge in [-0.25, -0.2) is 0 Å². The van der Waals surface area contributed by atoms with Crippen LogP contribution in [0.1, 0.15) is 5.56 Å². The van der Waals surface area contributed by atoms with Crippen LogP contribution in [0.5, 0.6) is 0 Å². The fourth-order valence-corrected chi connectivity index (χ4v) is 2.11. The first-order valence-corrected chi connectivity index (χ1v) is 7.11. The predicted octanol–water partition coefficient (Wildman–Crippen LogP) is 3.88. The Hall–Kier alpha value is -3.17. The van der Waals surface area contributed by atoms with Crippen molar-refractivity contribution in [3.8, 4) is 6.07 Å². The van der Waals surface area contributed by atoms with Gasteiger partial charge >= 0.3 is 0 Å². The molecule has 3 aromatic rings. The number of nitriles is 1. The van der Waals surface area contributed by atoms with E-state index < -0.39 is 0 Å². The summed E-state index contributed by atoms with van der Waals surface area (Å²) in [4.78, 5) is 4.32. The van der Waals surface area contributed by atoms with E-state index in [-0.39, 0.29) is 5.95 Å². The van der Waals surface area contributed by atoms with Crippen LogP contribution in [0, 0.1) is 11.3 Å². The van der Waals surface area contributed by atoms with Gasteiger partial charge in [-0.1, -0.05) is 35.9 Å². The van der Waals surface area contributed by atoms with Crippen LogP contribution in [-0.4, -0.2) is 15.2 Å². The van der Waals surface area contributed by atoms with Gasteiger partial charge < -0.3 is 10.6 Å². The van der Waals surface area contributed by atoms with Gasteiger partial charge in [0.05, 0.1) is 28.2 Å². The fourth-order valence-electron chi connectivity index (χ4n) is 1.93. The first-order chi connectivity index (χ1) is 11.3. The Morgan fingerprint density at radius 2 is 1.70 bits per heavy atom. The zero-order valence-corrected chi connectivity index (χ0v) is 12.6. The molecule has 112 valence electrons. The van der Waals surface area contributed by atoms with Crippen LogP contribution in [-0.2, 0) is 0 Å². The highest BCUT2D eigenvalue weighted by molar-refractivity contribution is 6.33. The summed E-state index contributed by atoms with van der Waals surface area (Å²) in [6, 6.07) is 16.5. The summed E-state index contributed by atoms with van der Waals surface area (Å²) < 4.78 is 0. The average Bonchev–Trinajstić information content (AvgIpc) is 2.58. The van der Waals surface area contributed by atoms with Gasteiger partial charge in [-0.3, -0.25) is 0 Å². The highest BCUT2D eigenvalue weighted by Gasteiger charge is 2.06. The minimum atomic E-state index is 0.282. The molecule has 0 unspecified atom stereocenters. The quantitative estimate of drug-likeness (QED) is 0.758. The van der Waals surface area contributed by atoms with E-state index in [4.69, 9.17) is 16.9 Å². The lowest BCUT2D eigenvalue weighted by Crippen LogP contribution is -2.03. The van der Waals surface area contributed by atoms with Crippen molar-refractivity contribution >= 4 is 34.7 Å². The standard InChI is InChI=1S/C16H11ClN6/c17-12-6-2-4-8-14(12)20-15-10-19-23-16(22-15)21-13-7-3-1-5-11(13)9-18/h1-8,10H,(H2,20,21,22,23). The van der Waals surface area contributed by atoms with Crippen molar-refractivity contribution in [2.45, 2.75) is 0 Å². The lowest BCUT2D eigenvalue weighted by atomic mass is 10.2. The Kier molecular flexibility index (Phi) is 4.32. The van der Waals surface area contributed by atoms with Gasteiger partial charge in [0.2, 0.25) is 5.95 Å². The third kappa shape index (κ3) is 3.54. The van der Waals surface area contributed by atoms with E-state index in [1.807, 2.05) is 24.3 Å². The van der Waals surface area contributed by atoms with Crippen molar-refractivity contribution in [2.75, 3.05) is 10.6 Å². The van der Waals surface area contributed by atoms with Crippen molar-refractivity contribution in [3.05, 3.63) is 65.3 Å². The number of anilines is 4. The second-order valence-electron chi connectivity index (χ2n) is 4.55. The average molecular weight is 323 g/mol. The number of hydrogen-bond donors (Lipinski definition) is 2. The number of rotatable bonds is 4. The summed E-state index contributed by atoms with van der Waals surface area (Å²) in [6.45, 7) is 0. The van der Waals surface area contributed by atoms with Crippen LogP contribution in [0.15, 0.2) is 54.7 Å². The maximum atomic E-state index is 9.10. The van der Waals surface area contributed by atoms with Gasteiger partial charge in [0, 0.05) is 0 Å². The van der Waals surface area contributed by atoms with E-state index in [1.54, 1.807) is 24.3 Å². The SMILES string of the molecule is N#Cc1ccccc1Nc1nncc(Nc2ccccc2Cl)n1. The van der Waals surface area contributed by atoms with E-state index in [0.717, 1.165) is 5.69 Å². The van der Waals surface area contributed by atoms with Crippen molar-refractivity contribution in [1.29, 1.82) is 5.26 Å². The number of nitrogens with zero attached hydrogens (tertiary/aromatic N) is 4. The Bertz CT molecular complexity index is 874. The molecule has 7 heteroatoms. The molecule has 0 amide bonds. The van der Waals surface area contributed by atoms with Crippen molar-refractivity contribution < 1.29 is 0 Å². The highest BCUT2D eigenvalue weighted by Crippen LogP contribution is 2.24. The molecule has 0 aliphatic heterocycles. The summed E-state index contributed by atoms with van der Waals surface area (Å²) in [7, 11) is 0. The Labute approximate surface area is 137 Å². The molecule has 3 rings (SSSR count). The summed E-state index contributed by atoms with van der Waals surface area (Å²) in [6.07, 6.45) is 1.49. The van der Waals surface area contributed by atoms with Crippen molar-refractivity contribution in [1.82, 2.24) is 15.2 Å². The molecule has 0 radical (unpaired) electrons. The number of nitrogens with one attached hydrogen (secondary N) is 2. The summed E-state index contributed by atoms with van der Waals surface area (Å²) in [5.41, 5.74) is 1.84. The Morgan fingerprint density at radius 1 is 0.957 bits per heavy atom. The molecule has 0 fully saturated rings. The third-order valence-electron chi connectivity index (χ3n) is 2.99. The molecule has 0 atom stereocenters. The zero-order valence-electron chi connectivity index (χ0n) is 11.9. The van der Waals surface area contributed by atoms with Crippen molar-refractivity contribution in [2.24, 2.45) is 0 Å². The molecule has 0 spiro atoms. The van der Waals surface area contributed by atoms with Crippen LogP contribution in [0.3, 0.4) is 0 Å². The van der Waals surface area contributed by atoms with Gasteiger partial charge in [-0.2, -0.15) is 15.3 Å². The molecular weight excluding hydrogens is 312 g/mol. The third-order valence-corrected chi connectivity index (χ3v) is 3.32. The first kappa shape index (κ1) is 14.8. The summed E-state index contributed by atoms with van der Waals surface area (Å²) in [5, 5.41) is 23.6. The second kappa shape index (κ2) is 6.73. The van der Waals surface area contributed by atoms with Crippen LogP contribution < -0.4 is 10.6 Å². The van der Waals surface area contributed by atoms with Crippen LogP contribution in [0.4, 0.5) is 23.1 Å². The maximum Gasteiger partial charge on any atom is 0.249 e. The first-order valence-electron chi connectivity index (χ1n) is 6.73. The normalized spacial score (nSPS) is 9.91. The fraction of sp³-hybridized carbons (Fsp3) is 0. The number of benzene rings is 2. The lowest BCUT2D eigenvalue weighted by Gasteiger charge is -2.09. The van der Waals surface area contributed by atoms with E-state index >= 15 is 0 Å². The predicted molar refractivity (Wildman–Crippen MR) is 89.0 cm³/mol. The molecule has 1 aromatic heterocycles. The number of hydrogen-bond acceptors (Lipinski definition) is 6. The molecule has 0 saturated carbocycles. The van der Waals surface area contributed by atoms with Crippen LogP contribution in [0.25, 0.3) is 0 Å². The molecule has 2 N–H and O–H groups in total. The molecule has 1 heterocycles. The molecule has 6 nitrogen and oxygen atoms in total. The van der Waals surface area contributed by atoms with Gasteiger partial charge in [0.25, 0.3) is 0 Å². The molecule has 2 aromatic carbocycles. The highest BCUT2D eigenvalue weighted by atomic mass is 35.5.